The number of carbonyl (C=O) groups excluding carboxylic acids is 1. The van der Waals surface area contributed by atoms with E-state index in [4.69, 9.17) is 0 Å². The molecule has 86 valence electrons. The number of benzene rings is 1. The van der Waals surface area contributed by atoms with Crippen LogP contribution in [0.3, 0.4) is 0 Å². The quantitative estimate of drug-likeness (QED) is 0.736. The van der Waals surface area contributed by atoms with Gasteiger partial charge in [0.25, 0.3) is 0 Å². The summed E-state index contributed by atoms with van der Waals surface area (Å²) in [6, 6.07) is 6.59. The summed E-state index contributed by atoms with van der Waals surface area (Å²) in [5.74, 6) is -0.103. The summed E-state index contributed by atoms with van der Waals surface area (Å²) in [6.07, 6.45) is 6.02. The molecule has 1 heterocycles. The van der Waals surface area contributed by atoms with Gasteiger partial charge in [0.1, 0.15) is 5.82 Å². The molecular weight excluding hydrogens is 217 g/mol. The molecule has 17 heavy (non-hydrogen) atoms. The van der Waals surface area contributed by atoms with E-state index in [1.54, 1.807) is 29.0 Å². The molecule has 3 rings (SSSR count). The number of para-hydroxylation sites is 1. The summed E-state index contributed by atoms with van der Waals surface area (Å²) in [7, 11) is 0. The van der Waals surface area contributed by atoms with E-state index in [0.717, 1.165) is 24.0 Å². The predicted octanol–water partition coefficient (Wildman–Crippen LogP) is 3.14. The second-order valence-corrected chi connectivity index (χ2v) is 4.33. The van der Waals surface area contributed by atoms with Gasteiger partial charge in [-0.15, -0.1) is 0 Å². The number of hydrogen-bond donors (Lipinski definition) is 0. The fourth-order valence-corrected chi connectivity index (χ4v) is 2.32. The maximum Gasteiger partial charge on any atom is 0.164 e. The normalized spacial score (nSPS) is 14.8. The molecule has 2 aromatic rings. The van der Waals surface area contributed by atoms with Gasteiger partial charge in [0.05, 0.1) is 5.69 Å². The van der Waals surface area contributed by atoms with Crippen LogP contribution in [0.25, 0.3) is 5.69 Å². The van der Waals surface area contributed by atoms with E-state index in [1.807, 2.05) is 6.20 Å². The topological polar surface area (TPSA) is 22.0 Å². The molecule has 0 bridgehead atoms. The van der Waals surface area contributed by atoms with Gasteiger partial charge in [-0.2, -0.15) is 0 Å². The molecule has 0 aliphatic heterocycles. The largest absolute Gasteiger partial charge is 0.320 e. The van der Waals surface area contributed by atoms with Crippen molar-refractivity contribution in [1.82, 2.24) is 4.57 Å². The molecular formula is C14H12FNO. The lowest BCUT2D eigenvalue weighted by Crippen LogP contribution is -2.07. The maximum absolute atomic E-state index is 13.6. The Bertz CT molecular complexity index is 586. The predicted molar refractivity (Wildman–Crippen MR) is 63.0 cm³/mol. The van der Waals surface area contributed by atoms with Crippen LogP contribution >= 0.6 is 0 Å². The SMILES string of the molecule is O=C1CCCc2cn(-c3ccccc3F)cc21. The van der Waals surface area contributed by atoms with E-state index in [1.165, 1.54) is 6.07 Å². The Labute approximate surface area is 98.7 Å². The molecule has 2 nitrogen and oxygen atoms in total. The maximum atomic E-state index is 13.6. The zero-order chi connectivity index (χ0) is 11.8. The molecule has 0 spiro atoms. The van der Waals surface area contributed by atoms with E-state index in [-0.39, 0.29) is 11.6 Å². The first kappa shape index (κ1) is 10.3. The standard InChI is InChI=1S/C14H12FNO/c15-12-5-1-2-6-13(12)16-8-10-4-3-7-14(17)11(10)9-16/h1-2,5-6,8-9H,3-4,7H2. The Balaban J connectivity index is 2.11. The minimum Gasteiger partial charge on any atom is -0.320 e. The molecule has 0 radical (unpaired) electrons. The Hall–Kier alpha value is -1.90. The second-order valence-electron chi connectivity index (χ2n) is 4.33. The Kier molecular flexibility index (Phi) is 2.32. The number of rotatable bonds is 1. The number of aromatic nitrogens is 1. The molecule has 0 saturated carbocycles. The second kappa shape index (κ2) is 3.84. The van der Waals surface area contributed by atoms with Crippen molar-refractivity contribution in [1.29, 1.82) is 0 Å². The van der Waals surface area contributed by atoms with Gasteiger partial charge >= 0.3 is 0 Å². The fraction of sp³-hybridized carbons (Fsp3) is 0.214. The Morgan fingerprint density at radius 2 is 1.94 bits per heavy atom. The molecule has 1 aromatic heterocycles. The van der Waals surface area contributed by atoms with E-state index in [0.29, 0.717) is 12.1 Å². The third kappa shape index (κ3) is 1.68. The van der Waals surface area contributed by atoms with Gasteiger partial charge in [0.2, 0.25) is 0 Å². The fourth-order valence-electron chi connectivity index (χ4n) is 2.32. The number of ketones is 1. The van der Waals surface area contributed by atoms with Crippen LogP contribution < -0.4 is 0 Å². The highest BCUT2D eigenvalue weighted by molar-refractivity contribution is 5.98. The van der Waals surface area contributed by atoms with Crippen molar-refractivity contribution in [3.05, 3.63) is 53.6 Å². The monoisotopic (exact) mass is 229 g/mol. The van der Waals surface area contributed by atoms with Crippen molar-refractivity contribution in [2.75, 3.05) is 0 Å². The summed E-state index contributed by atoms with van der Waals surface area (Å²) in [5.41, 5.74) is 2.28. The van der Waals surface area contributed by atoms with Crippen molar-refractivity contribution < 1.29 is 9.18 Å². The average molecular weight is 229 g/mol. The summed E-state index contributed by atoms with van der Waals surface area (Å²) in [6.45, 7) is 0. The smallest absolute Gasteiger partial charge is 0.164 e. The number of hydrogen-bond acceptors (Lipinski definition) is 1. The molecule has 0 amide bonds. The van der Waals surface area contributed by atoms with Crippen LogP contribution in [0.2, 0.25) is 0 Å². The van der Waals surface area contributed by atoms with Crippen LogP contribution in [0.4, 0.5) is 4.39 Å². The minimum absolute atomic E-state index is 0.168. The van der Waals surface area contributed by atoms with E-state index >= 15 is 0 Å². The van der Waals surface area contributed by atoms with Crippen LogP contribution in [0.15, 0.2) is 36.7 Å². The number of nitrogens with zero attached hydrogens (tertiary/aromatic N) is 1. The van der Waals surface area contributed by atoms with Gasteiger partial charge < -0.3 is 4.57 Å². The third-order valence-electron chi connectivity index (χ3n) is 3.19. The van der Waals surface area contributed by atoms with E-state index in [9.17, 15) is 9.18 Å². The molecule has 3 heteroatoms. The lowest BCUT2D eigenvalue weighted by Gasteiger charge is -2.07. The Morgan fingerprint density at radius 3 is 2.71 bits per heavy atom. The highest BCUT2D eigenvalue weighted by Crippen LogP contribution is 2.24. The first-order chi connectivity index (χ1) is 8.25. The number of aryl methyl sites for hydroxylation is 1. The van der Waals surface area contributed by atoms with Gasteiger partial charge in [-0.3, -0.25) is 4.79 Å². The minimum atomic E-state index is -0.271. The van der Waals surface area contributed by atoms with Crippen LogP contribution in [-0.4, -0.2) is 10.4 Å². The van der Waals surface area contributed by atoms with E-state index in [2.05, 4.69) is 0 Å². The molecule has 0 fully saturated rings. The highest BCUT2D eigenvalue weighted by Gasteiger charge is 2.19. The molecule has 0 unspecified atom stereocenters. The third-order valence-corrected chi connectivity index (χ3v) is 3.19. The lowest BCUT2D eigenvalue weighted by atomic mass is 9.95. The van der Waals surface area contributed by atoms with Crippen molar-refractivity contribution >= 4 is 5.78 Å². The van der Waals surface area contributed by atoms with Crippen molar-refractivity contribution in [3.8, 4) is 5.69 Å². The first-order valence-corrected chi connectivity index (χ1v) is 5.74. The molecule has 0 N–H and O–H groups in total. The van der Waals surface area contributed by atoms with Gasteiger partial charge in [-0.25, -0.2) is 4.39 Å². The first-order valence-electron chi connectivity index (χ1n) is 5.74. The number of Topliss-reactive ketones (excluding diaryl/α,β-unsaturated/α-hetero) is 1. The molecule has 1 aliphatic rings. The summed E-state index contributed by atoms with van der Waals surface area (Å²) < 4.78 is 15.3. The molecule has 1 aliphatic carbocycles. The number of carbonyl (C=O) groups is 1. The number of fused-ring (bicyclic) bond motifs is 1. The van der Waals surface area contributed by atoms with Crippen LogP contribution in [-0.2, 0) is 6.42 Å². The van der Waals surface area contributed by atoms with E-state index < -0.39 is 0 Å². The lowest BCUT2D eigenvalue weighted by molar-refractivity contribution is 0.0973. The van der Waals surface area contributed by atoms with Crippen molar-refractivity contribution in [2.24, 2.45) is 0 Å². The number of halogens is 1. The molecule has 0 atom stereocenters. The zero-order valence-corrected chi connectivity index (χ0v) is 9.32. The van der Waals surface area contributed by atoms with Crippen LogP contribution in [0.5, 0.6) is 0 Å². The van der Waals surface area contributed by atoms with Crippen molar-refractivity contribution in [2.45, 2.75) is 19.3 Å². The van der Waals surface area contributed by atoms with Gasteiger partial charge in [-0.1, -0.05) is 12.1 Å². The van der Waals surface area contributed by atoms with Gasteiger partial charge in [0, 0.05) is 24.4 Å². The molecule has 1 aromatic carbocycles. The highest BCUT2D eigenvalue weighted by atomic mass is 19.1. The summed E-state index contributed by atoms with van der Waals surface area (Å²) in [4.78, 5) is 11.7. The molecule has 0 saturated heterocycles. The van der Waals surface area contributed by atoms with Gasteiger partial charge in [0.15, 0.2) is 5.78 Å². The average Bonchev–Trinajstić information content (AvgIpc) is 2.75. The Morgan fingerprint density at radius 1 is 1.12 bits per heavy atom. The summed E-state index contributed by atoms with van der Waals surface area (Å²) in [5, 5.41) is 0. The van der Waals surface area contributed by atoms with Crippen LogP contribution in [0, 0.1) is 5.82 Å². The van der Waals surface area contributed by atoms with Crippen LogP contribution in [0.1, 0.15) is 28.8 Å². The van der Waals surface area contributed by atoms with Gasteiger partial charge in [-0.05, 0) is 30.5 Å². The summed E-state index contributed by atoms with van der Waals surface area (Å²) >= 11 is 0. The zero-order valence-electron chi connectivity index (χ0n) is 9.32. The van der Waals surface area contributed by atoms with Crippen molar-refractivity contribution in [3.63, 3.8) is 0 Å².